The lowest BCUT2D eigenvalue weighted by Crippen LogP contribution is -2.26. The molecule has 0 saturated carbocycles. The monoisotopic (exact) mass is 324 g/mol. The van der Waals surface area contributed by atoms with E-state index in [1.54, 1.807) is 12.1 Å². The van der Waals surface area contributed by atoms with E-state index in [2.05, 4.69) is 24.5 Å². The predicted octanol–water partition coefficient (Wildman–Crippen LogP) is 4.41. The van der Waals surface area contributed by atoms with Gasteiger partial charge in [-0.2, -0.15) is 0 Å². The van der Waals surface area contributed by atoms with E-state index >= 15 is 0 Å². The van der Waals surface area contributed by atoms with Crippen LogP contribution in [-0.4, -0.2) is 11.8 Å². The van der Waals surface area contributed by atoms with E-state index in [0.717, 1.165) is 12.0 Å². The maximum Gasteiger partial charge on any atom is 0.232 e. The lowest BCUT2D eigenvalue weighted by Gasteiger charge is -2.23. The van der Waals surface area contributed by atoms with Gasteiger partial charge in [-0.25, -0.2) is 0 Å². The van der Waals surface area contributed by atoms with Crippen LogP contribution in [0.5, 0.6) is 0 Å². The van der Waals surface area contributed by atoms with Crippen LogP contribution in [-0.2, 0) is 9.59 Å². The Morgan fingerprint density at radius 1 is 0.958 bits per heavy atom. The Hall–Kier alpha value is -2.62. The number of rotatable bonds is 6. The number of nitrogens with one attached hydrogen (secondary N) is 2. The SMILES string of the molecule is CCC(C)C(C(=O)Nc1cccc(NC(C)=O)c1)c1ccccc1. The minimum absolute atomic E-state index is 0.0319. The third-order valence-electron chi connectivity index (χ3n) is 4.10. The molecule has 2 amide bonds. The Morgan fingerprint density at radius 3 is 2.17 bits per heavy atom. The summed E-state index contributed by atoms with van der Waals surface area (Å²) in [6, 6.07) is 17.0. The molecule has 0 saturated heterocycles. The lowest BCUT2D eigenvalue weighted by atomic mass is 9.85. The highest BCUT2D eigenvalue weighted by Crippen LogP contribution is 2.28. The molecule has 0 heterocycles. The van der Waals surface area contributed by atoms with Crippen LogP contribution < -0.4 is 10.6 Å². The molecule has 24 heavy (non-hydrogen) atoms. The second-order valence-corrected chi connectivity index (χ2v) is 6.03. The standard InChI is InChI=1S/C20H24N2O2/c1-4-14(2)19(16-9-6-5-7-10-16)20(24)22-18-12-8-11-17(13-18)21-15(3)23/h5-14,19H,4H2,1-3H3,(H,21,23)(H,22,24). The number of carbonyl (C=O) groups excluding carboxylic acids is 2. The van der Waals surface area contributed by atoms with Crippen molar-refractivity contribution < 1.29 is 9.59 Å². The highest BCUT2D eigenvalue weighted by molar-refractivity contribution is 5.97. The average Bonchev–Trinajstić information content (AvgIpc) is 2.55. The molecule has 0 aromatic heterocycles. The quantitative estimate of drug-likeness (QED) is 0.826. The van der Waals surface area contributed by atoms with Gasteiger partial charge in [0.2, 0.25) is 11.8 Å². The molecule has 4 heteroatoms. The molecule has 0 spiro atoms. The number of hydrogen-bond acceptors (Lipinski definition) is 2. The van der Waals surface area contributed by atoms with Crippen molar-refractivity contribution in [2.24, 2.45) is 5.92 Å². The number of carbonyl (C=O) groups is 2. The Bertz CT molecular complexity index is 698. The molecule has 2 atom stereocenters. The van der Waals surface area contributed by atoms with Crippen molar-refractivity contribution in [1.82, 2.24) is 0 Å². The second-order valence-electron chi connectivity index (χ2n) is 6.03. The van der Waals surface area contributed by atoms with E-state index in [-0.39, 0.29) is 23.7 Å². The summed E-state index contributed by atoms with van der Waals surface area (Å²) in [5.41, 5.74) is 2.36. The Balaban J connectivity index is 2.20. The summed E-state index contributed by atoms with van der Waals surface area (Å²) in [6.07, 6.45) is 0.916. The third kappa shape index (κ3) is 4.69. The van der Waals surface area contributed by atoms with Crippen LogP contribution in [0.2, 0.25) is 0 Å². The first-order valence-corrected chi connectivity index (χ1v) is 8.24. The molecular weight excluding hydrogens is 300 g/mol. The number of benzene rings is 2. The zero-order chi connectivity index (χ0) is 17.5. The average molecular weight is 324 g/mol. The molecule has 0 aliphatic rings. The minimum atomic E-state index is -0.208. The molecule has 0 aliphatic heterocycles. The zero-order valence-electron chi connectivity index (χ0n) is 14.4. The Morgan fingerprint density at radius 2 is 1.58 bits per heavy atom. The molecule has 126 valence electrons. The van der Waals surface area contributed by atoms with Crippen LogP contribution in [0.15, 0.2) is 54.6 Å². The van der Waals surface area contributed by atoms with E-state index in [4.69, 9.17) is 0 Å². The molecule has 0 aliphatic carbocycles. The lowest BCUT2D eigenvalue weighted by molar-refractivity contribution is -0.118. The van der Waals surface area contributed by atoms with Crippen LogP contribution in [0.25, 0.3) is 0 Å². The number of amides is 2. The van der Waals surface area contributed by atoms with Crippen molar-refractivity contribution in [2.45, 2.75) is 33.1 Å². The van der Waals surface area contributed by atoms with Gasteiger partial charge < -0.3 is 10.6 Å². The van der Waals surface area contributed by atoms with E-state index in [0.29, 0.717) is 11.4 Å². The molecule has 2 aromatic rings. The van der Waals surface area contributed by atoms with Gasteiger partial charge in [0.1, 0.15) is 0 Å². The van der Waals surface area contributed by atoms with Crippen molar-refractivity contribution in [3.63, 3.8) is 0 Å². The van der Waals surface area contributed by atoms with Gasteiger partial charge in [0.05, 0.1) is 5.92 Å². The fourth-order valence-corrected chi connectivity index (χ4v) is 2.73. The highest BCUT2D eigenvalue weighted by atomic mass is 16.2. The molecule has 4 nitrogen and oxygen atoms in total. The van der Waals surface area contributed by atoms with Gasteiger partial charge in [0.15, 0.2) is 0 Å². The molecule has 2 rings (SSSR count). The Kier molecular flexibility index (Phi) is 6.13. The van der Waals surface area contributed by atoms with Gasteiger partial charge in [-0.1, -0.05) is 56.7 Å². The van der Waals surface area contributed by atoms with Gasteiger partial charge in [0, 0.05) is 18.3 Å². The maximum absolute atomic E-state index is 12.8. The summed E-state index contributed by atoms with van der Waals surface area (Å²) in [7, 11) is 0. The van der Waals surface area contributed by atoms with Crippen LogP contribution in [0.4, 0.5) is 11.4 Å². The van der Waals surface area contributed by atoms with Crippen molar-refractivity contribution in [3.8, 4) is 0 Å². The van der Waals surface area contributed by atoms with Gasteiger partial charge in [0.25, 0.3) is 0 Å². The first-order chi connectivity index (χ1) is 11.5. The number of anilines is 2. The molecule has 0 fully saturated rings. The fraction of sp³-hybridized carbons (Fsp3) is 0.300. The smallest absolute Gasteiger partial charge is 0.232 e. The summed E-state index contributed by atoms with van der Waals surface area (Å²) < 4.78 is 0. The third-order valence-corrected chi connectivity index (χ3v) is 4.10. The summed E-state index contributed by atoms with van der Waals surface area (Å²) in [4.78, 5) is 24.0. The van der Waals surface area contributed by atoms with Crippen molar-refractivity contribution in [1.29, 1.82) is 0 Å². The Labute approximate surface area is 143 Å². The first-order valence-electron chi connectivity index (χ1n) is 8.24. The topological polar surface area (TPSA) is 58.2 Å². The van der Waals surface area contributed by atoms with Crippen LogP contribution in [0.3, 0.4) is 0 Å². The highest BCUT2D eigenvalue weighted by Gasteiger charge is 2.25. The van der Waals surface area contributed by atoms with E-state index in [1.165, 1.54) is 6.92 Å². The predicted molar refractivity (Wildman–Crippen MR) is 98.0 cm³/mol. The summed E-state index contributed by atoms with van der Waals surface area (Å²) in [5, 5.41) is 5.70. The van der Waals surface area contributed by atoms with E-state index < -0.39 is 0 Å². The van der Waals surface area contributed by atoms with E-state index in [1.807, 2.05) is 42.5 Å². The molecule has 0 bridgehead atoms. The van der Waals surface area contributed by atoms with Gasteiger partial charge in [-0.05, 0) is 29.7 Å². The molecule has 0 radical (unpaired) electrons. The first kappa shape index (κ1) is 17.7. The minimum Gasteiger partial charge on any atom is -0.326 e. The molecular formula is C20H24N2O2. The van der Waals surface area contributed by atoms with Gasteiger partial charge >= 0.3 is 0 Å². The van der Waals surface area contributed by atoms with E-state index in [9.17, 15) is 9.59 Å². The second kappa shape index (κ2) is 8.29. The normalized spacial score (nSPS) is 13.0. The summed E-state index contributed by atoms with van der Waals surface area (Å²) >= 11 is 0. The van der Waals surface area contributed by atoms with Crippen LogP contribution in [0, 0.1) is 5.92 Å². The largest absolute Gasteiger partial charge is 0.326 e. The van der Waals surface area contributed by atoms with Crippen LogP contribution in [0.1, 0.15) is 38.7 Å². The summed E-state index contributed by atoms with van der Waals surface area (Å²) in [5.74, 6) is -0.151. The van der Waals surface area contributed by atoms with Crippen molar-refractivity contribution >= 4 is 23.2 Å². The van der Waals surface area contributed by atoms with Crippen LogP contribution >= 0.6 is 0 Å². The maximum atomic E-state index is 12.8. The molecule has 2 aromatic carbocycles. The fourth-order valence-electron chi connectivity index (χ4n) is 2.73. The summed E-state index contributed by atoms with van der Waals surface area (Å²) in [6.45, 7) is 5.63. The van der Waals surface area contributed by atoms with Gasteiger partial charge in [-0.15, -0.1) is 0 Å². The zero-order valence-corrected chi connectivity index (χ0v) is 14.4. The molecule has 2 unspecified atom stereocenters. The van der Waals surface area contributed by atoms with Gasteiger partial charge in [-0.3, -0.25) is 9.59 Å². The van der Waals surface area contributed by atoms with Crippen molar-refractivity contribution in [2.75, 3.05) is 10.6 Å². The van der Waals surface area contributed by atoms with Crippen molar-refractivity contribution in [3.05, 3.63) is 60.2 Å². The molecule has 2 N–H and O–H groups in total. The number of hydrogen-bond donors (Lipinski definition) is 2.